The van der Waals surface area contributed by atoms with Crippen LogP contribution in [0.25, 0.3) is 5.70 Å². The van der Waals surface area contributed by atoms with Crippen molar-refractivity contribution < 1.29 is 10.6 Å². The lowest BCUT2D eigenvalue weighted by molar-refractivity contribution is -0.0157. The first-order valence-corrected chi connectivity index (χ1v) is 9.88. The first-order valence-electron chi connectivity index (χ1n) is 9.88. The van der Waals surface area contributed by atoms with Crippen LogP contribution < -0.4 is 16.2 Å². The molecule has 6 rings (SSSR count). The summed E-state index contributed by atoms with van der Waals surface area (Å²) in [6.07, 6.45) is 11.6. The van der Waals surface area contributed by atoms with Gasteiger partial charge in [-0.1, -0.05) is 0 Å². The highest BCUT2D eigenvalue weighted by Crippen LogP contribution is 2.50. The number of aryl methyl sites for hydroxylation is 1. The Hall–Kier alpha value is -2.50. The van der Waals surface area contributed by atoms with Gasteiger partial charge >= 0.3 is 6.03 Å². The number of carbonyl (C=O) groups excluding carboxylic acids is 1. The van der Waals surface area contributed by atoms with Crippen molar-refractivity contribution in [2.45, 2.75) is 51.1 Å². The molecule has 2 amide bonds. The number of benzene rings is 1. The predicted molar refractivity (Wildman–Crippen MR) is 105 cm³/mol. The molecule has 3 heterocycles. The number of hydrogen-bond donors (Lipinski definition) is 3. The molecule has 3 N–H and O–H groups in total. The zero-order valence-corrected chi connectivity index (χ0v) is 15.5. The molecule has 5 aliphatic rings. The first-order chi connectivity index (χ1) is 13.1. The lowest BCUT2D eigenvalue weighted by Gasteiger charge is -2.55. The average Bonchev–Trinajstić information content (AvgIpc) is 3.50. The van der Waals surface area contributed by atoms with E-state index >= 15 is 0 Å². The zero-order valence-electron chi connectivity index (χ0n) is 15.5. The number of carbonyl (C=O) groups is 1. The molecule has 6 heteroatoms. The van der Waals surface area contributed by atoms with Crippen LogP contribution in [0.2, 0.25) is 0 Å². The van der Waals surface area contributed by atoms with E-state index in [1.165, 1.54) is 18.9 Å². The van der Waals surface area contributed by atoms with Crippen LogP contribution in [0.4, 0.5) is 14.9 Å². The van der Waals surface area contributed by atoms with Gasteiger partial charge in [-0.3, -0.25) is 0 Å². The Morgan fingerprint density at radius 3 is 2.67 bits per heavy atom. The number of urea groups is 1. The molecule has 1 aromatic carbocycles. The highest BCUT2D eigenvalue weighted by atomic mass is 19.1. The number of nitrogens with one attached hydrogen (secondary N) is 3. The molecule has 5 nitrogen and oxygen atoms in total. The summed E-state index contributed by atoms with van der Waals surface area (Å²) in [7, 11) is 0. The van der Waals surface area contributed by atoms with E-state index in [1.54, 1.807) is 12.3 Å². The summed E-state index contributed by atoms with van der Waals surface area (Å²) in [5, 5.41) is 2.83. The van der Waals surface area contributed by atoms with Crippen LogP contribution >= 0.6 is 0 Å². The fourth-order valence-corrected chi connectivity index (χ4v) is 4.95. The Morgan fingerprint density at radius 2 is 2.00 bits per heavy atom. The van der Waals surface area contributed by atoms with Crippen molar-refractivity contribution >= 4 is 17.4 Å². The maximum Gasteiger partial charge on any atom is 0.322 e. The highest BCUT2D eigenvalue weighted by Gasteiger charge is 2.50. The summed E-state index contributed by atoms with van der Waals surface area (Å²) in [4.78, 5) is 14.8. The molecule has 2 aliphatic carbocycles. The third-order valence-corrected chi connectivity index (χ3v) is 6.50. The van der Waals surface area contributed by atoms with Gasteiger partial charge < -0.3 is 21.1 Å². The highest BCUT2D eigenvalue weighted by molar-refractivity contribution is 5.91. The molecule has 27 heavy (non-hydrogen) atoms. The van der Waals surface area contributed by atoms with Gasteiger partial charge in [0.05, 0.1) is 11.4 Å². The van der Waals surface area contributed by atoms with E-state index in [-0.39, 0.29) is 13.1 Å². The fraction of sp³-hybridized carbons (Fsp3) is 0.476. The molecule has 0 aromatic heterocycles. The van der Waals surface area contributed by atoms with Gasteiger partial charge in [0.25, 0.3) is 0 Å². The normalized spacial score (nSPS) is 28.6. The van der Waals surface area contributed by atoms with Gasteiger partial charge in [0.15, 0.2) is 0 Å². The Balaban J connectivity index is 0.00000192. The number of allylic oxidation sites excluding steroid dienone is 2. The van der Waals surface area contributed by atoms with Gasteiger partial charge in [-0.25, -0.2) is 9.18 Å². The summed E-state index contributed by atoms with van der Waals surface area (Å²) in [6.45, 7) is 1.86. The molecular formula is C21H27FN4O. The molecule has 1 aromatic rings. The van der Waals surface area contributed by atoms with Crippen LogP contribution in [0.1, 0.15) is 44.7 Å². The van der Waals surface area contributed by atoms with E-state index in [2.05, 4.69) is 16.2 Å². The largest absolute Gasteiger partial charge is 0.322 e. The van der Waals surface area contributed by atoms with Crippen LogP contribution in [0.15, 0.2) is 30.5 Å². The maximum absolute atomic E-state index is 14.5. The van der Waals surface area contributed by atoms with Crippen molar-refractivity contribution in [3.63, 3.8) is 0 Å². The zero-order chi connectivity index (χ0) is 18.5. The molecule has 2 unspecified atom stereocenters. The van der Waals surface area contributed by atoms with Gasteiger partial charge in [-0.15, -0.1) is 0 Å². The number of hydrazine groups is 1. The molecule has 2 atom stereocenters. The molecular weight excluding hydrogens is 343 g/mol. The number of anilines is 1. The predicted octanol–water partition coefficient (Wildman–Crippen LogP) is 4.14. The second-order valence-corrected chi connectivity index (χ2v) is 8.31. The molecule has 4 fully saturated rings. The lowest BCUT2D eigenvalue weighted by Crippen LogP contribution is -2.64. The summed E-state index contributed by atoms with van der Waals surface area (Å²) in [6, 6.07) is 3.69. The smallest absolute Gasteiger partial charge is 0.318 e. The first kappa shape index (κ1) is 16.7. The van der Waals surface area contributed by atoms with Crippen molar-refractivity contribution in [3.05, 3.63) is 47.4 Å². The number of hydrogen-bond acceptors (Lipinski definition) is 3. The summed E-state index contributed by atoms with van der Waals surface area (Å²) in [5.41, 5.74) is 8.74. The second kappa shape index (κ2) is 6.29. The minimum atomic E-state index is -0.397. The van der Waals surface area contributed by atoms with E-state index < -0.39 is 5.82 Å². The number of amides is 2. The Morgan fingerprint density at radius 1 is 1.22 bits per heavy atom. The molecule has 2 saturated carbocycles. The number of halogens is 1. The molecule has 0 radical (unpaired) electrons. The van der Waals surface area contributed by atoms with Crippen molar-refractivity contribution in [1.29, 1.82) is 0 Å². The molecule has 2 saturated heterocycles. The Bertz CT molecular complexity index is 839. The second-order valence-electron chi connectivity index (χ2n) is 8.31. The standard InChI is InChI=1S/C21H25FN4O.H2/c1-12-7-18(22)20(11-17(12)19-3-2-6-23-25-19)24-21(27)26-15-8-14(13-4-5-13)9-16(26)10-15;/h2-3,6-7,11,13-16,23,25H,4-5,8-10H2,1H3,(H,24,27);1H. The molecule has 144 valence electrons. The minimum Gasteiger partial charge on any atom is -0.318 e. The topological polar surface area (TPSA) is 56.4 Å². The van der Waals surface area contributed by atoms with E-state index in [1.807, 2.05) is 24.0 Å². The van der Waals surface area contributed by atoms with Crippen LogP contribution in [-0.2, 0) is 0 Å². The monoisotopic (exact) mass is 370 g/mol. The Labute approximate surface area is 160 Å². The number of nitrogens with zero attached hydrogens (tertiary/aromatic N) is 1. The van der Waals surface area contributed by atoms with Crippen LogP contribution in [0.3, 0.4) is 0 Å². The fourth-order valence-electron chi connectivity index (χ4n) is 4.95. The minimum absolute atomic E-state index is 0. The average molecular weight is 370 g/mol. The van der Waals surface area contributed by atoms with Gasteiger partial charge in [0.2, 0.25) is 0 Å². The SMILES string of the molecule is Cc1cc(F)c(NC(=O)N2C3CC(C4CC4)CC2C3)cc1C1=CC=CNN1.[HH]. The van der Waals surface area contributed by atoms with Gasteiger partial charge in [0.1, 0.15) is 5.82 Å². The van der Waals surface area contributed by atoms with E-state index in [4.69, 9.17) is 0 Å². The Kier molecular flexibility index (Phi) is 3.88. The summed E-state index contributed by atoms with van der Waals surface area (Å²) in [5.74, 6) is 1.30. The van der Waals surface area contributed by atoms with Crippen LogP contribution in [0.5, 0.6) is 0 Å². The molecule has 0 spiro atoms. The van der Waals surface area contributed by atoms with Crippen molar-refractivity contribution in [2.24, 2.45) is 11.8 Å². The van der Waals surface area contributed by atoms with E-state index in [0.29, 0.717) is 12.1 Å². The van der Waals surface area contributed by atoms with Crippen molar-refractivity contribution in [2.75, 3.05) is 5.32 Å². The van der Waals surface area contributed by atoms with Gasteiger partial charge in [-0.05, 0) is 80.7 Å². The lowest BCUT2D eigenvalue weighted by atomic mass is 9.72. The number of rotatable bonds is 3. The summed E-state index contributed by atoms with van der Waals surface area (Å²) < 4.78 is 14.5. The van der Waals surface area contributed by atoms with E-state index in [0.717, 1.165) is 47.9 Å². The third-order valence-electron chi connectivity index (χ3n) is 6.50. The third kappa shape index (κ3) is 2.97. The van der Waals surface area contributed by atoms with Crippen LogP contribution in [0, 0.1) is 24.6 Å². The van der Waals surface area contributed by atoms with E-state index in [9.17, 15) is 9.18 Å². The van der Waals surface area contributed by atoms with Gasteiger partial charge in [0, 0.05) is 25.3 Å². The molecule has 3 aliphatic heterocycles. The van der Waals surface area contributed by atoms with Gasteiger partial charge in [-0.2, -0.15) is 0 Å². The quantitative estimate of drug-likeness (QED) is 0.750. The van der Waals surface area contributed by atoms with Crippen LogP contribution in [-0.4, -0.2) is 23.0 Å². The van der Waals surface area contributed by atoms with Crippen molar-refractivity contribution in [1.82, 2.24) is 15.8 Å². The van der Waals surface area contributed by atoms with Crippen molar-refractivity contribution in [3.8, 4) is 0 Å². The summed E-state index contributed by atoms with van der Waals surface area (Å²) >= 11 is 0. The molecule has 2 bridgehead atoms. The number of fused-ring (bicyclic) bond motifs is 2. The maximum atomic E-state index is 14.5. The number of piperidine rings is 1.